The number of nitrogens with one attached hydrogen (secondary N) is 3. The van der Waals surface area contributed by atoms with Crippen LogP contribution in [0.3, 0.4) is 0 Å². The summed E-state index contributed by atoms with van der Waals surface area (Å²) in [6.07, 6.45) is 3.41. The van der Waals surface area contributed by atoms with Crippen molar-refractivity contribution in [2.45, 2.75) is 31.8 Å². The number of hydrogen-bond acceptors (Lipinski definition) is 2. The van der Waals surface area contributed by atoms with Gasteiger partial charge in [-0.2, -0.15) is 0 Å². The molecule has 0 bridgehead atoms. The predicted octanol–water partition coefficient (Wildman–Crippen LogP) is 1.91. The average Bonchev–Trinajstić information content (AvgIpc) is 2.74. The lowest BCUT2D eigenvalue weighted by Crippen LogP contribution is -2.44. The van der Waals surface area contributed by atoms with Crippen LogP contribution in [-0.4, -0.2) is 22.0 Å². The molecule has 1 heterocycles. The van der Waals surface area contributed by atoms with Gasteiger partial charge in [0.2, 0.25) is 0 Å². The van der Waals surface area contributed by atoms with Gasteiger partial charge in [-0.1, -0.05) is 12.1 Å². The zero-order valence-electron chi connectivity index (χ0n) is 10.1. The van der Waals surface area contributed by atoms with Crippen LogP contribution in [-0.2, 0) is 6.54 Å². The van der Waals surface area contributed by atoms with E-state index in [-0.39, 0.29) is 6.03 Å². The summed E-state index contributed by atoms with van der Waals surface area (Å²) in [5.41, 5.74) is 1.92. The normalized spacial score (nSPS) is 15.3. The maximum absolute atomic E-state index is 11.6. The summed E-state index contributed by atoms with van der Waals surface area (Å²) in [6, 6.07) is 8.08. The highest BCUT2D eigenvalue weighted by Gasteiger charge is 2.19. The molecule has 2 aromatic rings. The van der Waals surface area contributed by atoms with Gasteiger partial charge in [0.15, 0.2) is 0 Å². The van der Waals surface area contributed by atoms with E-state index in [4.69, 9.17) is 0 Å². The second kappa shape index (κ2) is 4.68. The number of benzene rings is 1. The monoisotopic (exact) mass is 244 g/mol. The Hall–Kier alpha value is -2.04. The minimum Gasteiger partial charge on any atom is -0.340 e. The van der Waals surface area contributed by atoms with Crippen LogP contribution < -0.4 is 10.6 Å². The molecule has 94 valence electrons. The van der Waals surface area contributed by atoms with Crippen molar-refractivity contribution in [1.82, 2.24) is 20.6 Å². The summed E-state index contributed by atoms with van der Waals surface area (Å²) in [4.78, 5) is 19.1. The Morgan fingerprint density at radius 1 is 1.39 bits per heavy atom. The van der Waals surface area contributed by atoms with Crippen molar-refractivity contribution in [1.29, 1.82) is 0 Å². The molecule has 1 saturated carbocycles. The molecule has 0 spiro atoms. The Morgan fingerprint density at radius 2 is 2.22 bits per heavy atom. The third kappa shape index (κ3) is 2.30. The Morgan fingerprint density at radius 3 is 2.94 bits per heavy atom. The molecule has 2 amide bonds. The average molecular weight is 244 g/mol. The van der Waals surface area contributed by atoms with Crippen molar-refractivity contribution in [3.63, 3.8) is 0 Å². The van der Waals surface area contributed by atoms with Crippen LogP contribution in [0.15, 0.2) is 24.3 Å². The maximum atomic E-state index is 11.6. The molecule has 3 N–H and O–H groups in total. The van der Waals surface area contributed by atoms with Crippen molar-refractivity contribution in [2.75, 3.05) is 0 Å². The van der Waals surface area contributed by atoms with Crippen molar-refractivity contribution in [3.05, 3.63) is 30.1 Å². The molecule has 1 aromatic heterocycles. The fourth-order valence-electron chi connectivity index (χ4n) is 2.04. The van der Waals surface area contributed by atoms with Gasteiger partial charge < -0.3 is 15.6 Å². The van der Waals surface area contributed by atoms with Gasteiger partial charge in [0, 0.05) is 6.04 Å². The van der Waals surface area contributed by atoms with Gasteiger partial charge in [-0.05, 0) is 31.4 Å². The van der Waals surface area contributed by atoms with Crippen molar-refractivity contribution in [3.8, 4) is 0 Å². The predicted molar refractivity (Wildman–Crippen MR) is 69.1 cm³/mol. The Bertz CT molecular complexity index is 526. The topological polar surface area (TPSA) is 69.8 Å². The van der Waals surface area contributed by atoms with Crippen LogP contribution in [0.4, 0.5) is 4.79 Å². The number of hydrogen-bond donors (Lipinski definition) is 3. The number of aromatic nitrogens is 2. The number of para-hydroxylation sites is 2. The van der Waals surface area contributed by atoms with E-state index in [9.17, 15) is 4.79 Å². The molecule has 1 aliphatic rings. The first kappa shape index (κ1) is 11.1. The largest absolute Gasteiger partial charge is 0.340 e. The zero-order valence-corrected chi connectivity index (χ0v) is 10.1. The van der Waals surface area contributed by atoms with Crippen LogP contribution in [0.5, 0.6) is 0 Å². The number of nitrogens with zero attached hydrogens (tertiary/aromatic N) is 1. The second-order valence-corrected chi connectivity index (χ2v) is 4.66. The lowest BCUT2D eigenvalue weighted by atomic mass is 9.93. The van der Waals surface area contributed by atoms with Crippen molar-refractivity contribution in [2.24, 2.45) is 0 Å². The van der Waals surface area contributed by atoms with Crippen molar-refractivity contribution < 1.29 is 4.79 Å². The van der Waals surface area contributed by atoms with E-state index < -0.39 is 0 Å². The number of carbonyl (C=O) groups is 1. The van der Waals surface area contributed by atoms with Gasteiger partial charge in [-0.25, -0.2) is 9.78 Å². The molecule has 1 aromatic carbocycles. The van der Waals surface area contributed by atoms with Crippen LogP contribution in [0.2, 0.25) is 0 Å². The molecule has 5 heteroatoms. The standard InChI is InChI=1S/C13H16N4O/c18-13(15-9-4-3-5-9)14-8-12-16-10-6-1-2-7-11(10)17-12/h1-2,6-7,9H,3-5,8H2,(H,16,17)(H2,14,15,18). The molecule has 0 saturated heterocycles. The molecular weight excluding hydrogens is 228 g/mol. The summed E-state index contributed by atoms with van der Waals surface area (Å²) >= 11 is 0. The second-order valence-electron chi connectivity index (χ2n) is 4.66. The van der Waals surface area contributed by atoms with Crippen LogP contribution in [0.1, 0.15) is 25.1 Å². The molecular formula is C13H16N4O. The van der Waals surface area contributed by atoms with Gasteiger partial charge in [0.25, 0.3) is 0 Å². The fourth-order valence-corrected chi connectivity index (χ4v) is 2.04. The quantitative estimate of drug-likeness (QED) is 0.772. The van der Waals surface area contributed by atoms with E-state index in [1.54, 1.807) is 0 Å². The SMILES string of the molecule is O=C(NCc1nc2ccccc2[nH]1)NC1CCC1. The minimum atomic E-state index is -0.111. The number of aromatic amines is 1. The molecule has 0 aliphatic heterocycles. The van der Waals surface area contributed by atoms with E-state index in [1.807, 2.05) is 24.3 Å². The summed E-state index contributed by atoms with van der Waals surface area (Å²) in [5, 5.41) is 5.74. The molecule has 1 fully saturated rings. The number of rotatable bonds is 3. The molecule has 1 aliphatic carbocycles. The van der Waals surface area contributed by atoms with Gasteiger partial charge in [0.1, 0.15) is 5.82 Å². The van der Waals surface area contributed by atoms with E-state index in [2.05, 4.69) is 20.6 Å². The van der Waals surface area contributed by atoms with Gasteiger partial charge in [0.05, 0.1) is 17.6 Å². The van der Waals surface area contributed by atoms with Gasteiger partial charge in [-0.3, -0.25) is 0 Å². The zero-order chi connectivity index (χ0) is 12.4. The third-order valence-electron chi connectivity index (χ3n) is 3.30. The number of amides is 2. The Labute approximate surface area is 105 Å². The van der Waals surface area contributed by atoms with E-state index in [0.29, 0.717) is 12.6 Å². The summed E-state index contributed by atoms with van der Waals surface area (Å²) in [6.45, 7) is 0.424. The molecule has 0 radical (unpaired) electrons. The van der Waals surface area contributed by atoms with E-state index in [1.165, 1.54) is 6.42 Å². The number of fused-ring (bicyclic) bond motifs is 1. The van der Waals surface area contributed by atoms with Gasteiger partial charge >= 0.3 is 6.03 Å². The molecule has 0 unspecified atom stereocenters. The number of carbonyl (C=O) groups excluding carboxylic acids is 1. The number of urea groups is 1. The highest BCUT2D eigenvalue weighted by Crippen LogP contribution is 2.17. The van der Waals surface area contributed by atoms with Crippen molar-refractivity contribution >= 4 is 17.1 Å². The molecule has 5 nitrogen and oxygen atoms in total. The molecule has 18 heavy (non-hydrogen) atoms. The minimum absolute atomic E-state index is 0.111. The third-order valence-corrected chi connectivity index (χ3v) is 3.30. The van der Waals surface area contributed by atoms with Crippen LogP contribution in [0, 0.1) is 0 Å². The summed E-state index contributed by atoms with van der Waals surface area (Å²) in [5.74, 6) is 0.778. The Balaban J connectivity index is 1.57. The Kier molecular flexibility index (Phi) is 2.88. The van der Waals surface area contributed by atoms with Crippen LogP contribution in [0.25, 0.3) is 11.0 Å². The number of imidazole rings is 1. The summed E-state index contributed by atoms with van der Waals surface area (Å²) in [7, 11) is 0. The van der Waals surface area contributed by atoms with E-state index in [0.717, 1.165) is 29.7 Å². The van der Waals surface area contributed by atoms with Gasteiger partial charge in [-0.15, -0.1) is 0 Å². The van der Waals surface area contributed by atoms with E-state index >= 15 is 0 Å². The molecule has 0 atom stereocenters. The number of H-pyrrole nitrogens is 1. The smallest absolute Gasteiger partial charge is 0.315 e. The first-order valence-electron chi connectivity index (χ1n) is 6.29. The highest BCUT2D eigenvalue weighted by molar-refractivity contribution is 5.76. The van der Waals surface area contributed by atoms with Crippen LogP contribution >= 0.6 is 0 Å². The highest BCUT2D eigenvalue weighted by atomic mass is 16.2. The summed E-state index contributed by atoms with van der Waals surface area (Å²) < 4.78 is 0. The maximum Gasteiger partial charge on any atom is 0.315 e. The fraction of sp³-hybridized carbons (Fsp3) is 0.385. The molecule has 3 rings (SSSR count). The first-order valence-corrected chi connectivity index (χ1v) is 6.29. The first-order chi connectivity index (χ1) is 8.81. The lowest BCUT2D eigenvalue weighted by Gasteiger charge is -2.26. The lowest BCUT2D eigenvalue weighted by molar-refractivity contribution is 0.228.